The third kappa shape index (κ3) is 5.44. The lowest BCUT2D eigenvalue weighted by Crippen LogP contribution is -2.34. The van der Waals surface area contributed by atoms with Crippen LogP contribution in [-0.4, -0.2) is 34.7 Å². The van der Waals surface area contributed by atoms with Crippen LogP contribution in [0, 0.1) is 12.8 Å². The largest absolute Gasteiger partial charge is 0.354 e. The number of benzene rings is 1. The van der Waals surface area contributed by atoms with E-state index in [0.717, 1.165) is 29.7 Å². The summed E-state index contributed by atoms with van der Waals surface area (Å²) in [6.07, 6.45) is 5.05. The summed E-state index contributed by atoms with van der Waals surface area (Å²) in [7, 11) is 0. The number of rotatable bonds is 8. The van der Waals surface area contributed by atoms with Crippen LogP contribution in [-0.2, 0) is 16.1 Å². The highest BCUT2D eigenvalue weighted by atomic mass is 35.5. The van der Waals surface area contributed by atoms with E-state index < -0.39 is 0 Å². The zero-order valence-electron chi connectivity index (χ0n) is 15.2. The van der Waals surface area contributed by atoms with E-state index in [1.54, 1.807) is 10.8 Å². The van der Waals surface area contributed by atoms with E-state index in [4.69, 9.17) is 11.6 Å². The topological polar surface area (TPSA) is 76.0 Å². The Labute approximate surface area is 163 Å². The third-order valence-electron chi connectivity index (χ3n) is 4.36. The number of nitrogens with one attached hydrogen (secondary N) is 2. The number of hydrogen-bond donors (Lipinski definition) is 2. The Morgan fingerprint density at radius 2 is 1.93 bits per heavy atom. The lowest BCUT2D eigenvalue weighted by molar-refractivity contribution is -0.122. The van der Waals surface area contributed by atoms with Crippen LogP contribution in [0.2, 0.25) is 5.15 Å². The lowest BCUT2D eigenvalue weighted by Gasteiger charge is -2.04. The van der Waals surface area contributed by atoms with Gasteiger partial charge in [0.15, 0.2) is 0 Å². The maximum atomic E-state index is 11.9. The molecule has 2 amide bonds. The smallest absolute Gasteiger partial charge is 0.244 e. The molecule has 1 aromatic heterocycles. The van der Waals surface area contributed by atoms with Gasteiger partial charge in [-0.3, -0.25) is 9.59 Å². The number of aromatic nitrogens is 2. The van der Waals surface area contributed by atoms with Crippen LogP contribution >= 0.6 is 11.6 Å². The molecule has 3 rings (SSSR count). The molecular weight excluding hydrogens is 364 g/mol. The van der Waals surface area contributed by atoms with Crippen molar-refractivity contribution in [3.05, 3.63) is 58.4 Å². The Hall–Kier alpha value is -2.60. The van der Waals surface area contributed by atoms with Crippen LogP contribution in [0.25, 0.3) is 6.08 Å². The second kappa shape index (κ2) is 8.86. The highest BCUT2D eigenvalue weighted by Gasteiger charge is 2.28. The predicted molar refractivity (Wildman–Crippen MR) is 105 cm³/mol. The van der Waals surface area contributed by atoms with Crippen molar-refractivity contribution in [3.63, 3.8) is 0 Å². The molecule has 0 atom stereocenters. The highest BCUT2D eigenvalue weighted by Crippen LogP contribution is 2.28. The standard InChI is InChI=1S/C20H23ClN4O2/c1-14-17(19(21)25(24-14)13-15-5-3-2-4-6-15)9-10-18(26)22-11-12-23-20(27)16-7-8-16/h2-6,9-10,16H,7-8,11-13H2,1H3,(H,22,26)(H,23,27). The van der Waals surface area contributed by atoms with E-state index >= 15 is 0 Å². The van der Waals surface area contributed by atoms with Gasteiger partial charge >= 0.3 is 0 Å². The molecule has 1 aliphatic rings. The Bertz CT molecular complexity index is 841. The van der Waals surface area contributed by atoms with Gasteiger partial charge in [-0.1, -0.05) is 41.9 Å². The minimum Gasteiger partial charge on any atom is -0.354 e. The van der Waals surface area contributed by atoms with Crippen LogP contribution < -0.4 is 10.6 Å². The SMILES string of the molecule is Cc1nn(Cc2ccccc2)c(Cl)c1C=CC(=O)NCCNC(=O)C1CC1. The van der Waals surface area contributed by atoms with Crippen LogP contribution in [0.1, 0.15) is 29.7 Å². The van der Waals surface area contributed by atoms with Crippen molar-refractivity contribution in [2.24, 2.45) is 5.92 Å². The quantitative estimate of drug-likeness (QED) is 0.540. The molecular formula is C20H23ClN4O2. The van der Waals surface area contributed by atoms with Gasteiger partial charge in [0, 0.05) is 30.6 Å². The van der Waals surface area contributed by atoms with Crippen LogP contribution in [0.3, 0.4) is 0 Å². The maximum absolute atomic E-state index is 11.9. The molecule has 6 nitrogen and oxygen atoms in total. The summed E-state index contributed by atoms with van der Waals surface area (Å²) in [4.78, 5) is 23.5. The van der Waals surface area contributed by atoms with E-state index in [9.17, 15) is 9.59 Å². The van der Waals surface area contributed by atoms with E-state index in [1.807, 2.05) is 37.3 Å². The first-order valence-electron chi connectivity index (χ1n) is 9.05. The molecule has 1 aliphatic carbocycles. The molecule has 142 valence electrons. The minimum atomic E-state index is -0.234. The van der Waals surface area contributed by atoms with Gasteiger partial charge in [0.1, 0.15) is 5.15 Å². The zero-order chi connectivity index (χ0) is 19.2. The zero-order valence-corrected chi connectivity index (χ0v) is 16.0. The van der Waals surface area contributed by atoms with Crippen LogP contribution in [0.5, 0.6) is 0 Å². The molecule has 0 spiro atoms. The second-order valence-electron chi connectivity index (χ2n) is 6.62. The molecule has 27 heavy (non-hydrogen) atoms. The van der Waals surface area contributed by atoms with E-state index in [1.165, 1.54) is 6.08 Å². The average molecular weight is 387 g/mol. The molecule has 0 saturated heterocycles. The number of carbonyl (C=O) groups excluding carboxylic acids is 2. The van der Waals surface area contributed by atoms with Crippen molar-refractivity contribution in [3.8, 4) is 0 Å². The fraction of sp³-hybridized carbons (Fsp3) is 0.350. The Morgan fingerprint density at radius 1 is 1.22 bits per heavy atom. The van der Waals surface area contributed by atoms with Gasteiger partial charge in [0.25, 0.3) is 0 Å². The van der Waals surface area contributed by atoms with Crippen molar-refractivity contribution >= 4 is 29.5 Å². The number of nitrogens with zero attached hydrogens (tertiary/aromatic N) is 2. The van der Waals surface area contributed by atoms with Gasteiger partial charge in [0.05, 0.1) is 12.2 Å². The molecule has 2 aromatic rings. The van der Waals surface area contributed by atoms with E-state index in [0.29, 0.717) is 24.8 Å². The molecule has 0 unspecified atom stereocenters. The molecule has 0 radical (unpaired) electrons. The fourth-order valence-electron chi connectivity index (χ4n) is 2.70. The number of aryl methyl sites for hydroxylation is 1. The Morgan fingerprint density at radius 3 is 2.63 bits per heavy atom. The van der Waals surface area contributed by atoms with Crippen LogP contribution in [0.15, 0.2) is 36.4 Å². The molecule has 1 fully saturated rings. The van der Waals surface area contributed by atoms with Gasteiger partial charge in [0.2, 0.25) is 11.8 Å². The maximum Gasteiger partial charge on any atom is 0.244 e. The van der Waals surface area contributed by atoms with Crippen molar-refractivity contribution in [1.29, 1.82) is 0 Å². The molecule has 1 saturated carbocycles. The fourth-order valence-corrected chi connectivity index (χ4v) is 2.99. The first kappa shape index (κ1) is 19.2. The molecule has 0 bridgehead atoms. The molecule has 0 aliphatic heterocycles. The summed E-state index contributed by atoms with van der Waals surface area (Å²) in [6, 6.07) is 9.93. The van der Waals surface area contributed by atoms with Gasteiger partial charge < -0.3 is 10.6 Å². The first-order chi connectivity index (χ1) is 13.0. The number of carbonyl (C=O) groups is 2. The van der Waals surface area contributed by atoms with Gasteiger partial charge in [-0.25, -0.2) is 4.68 Å². The Kier molecular flexibility index (Phi) is 6.29. The molecule has 1 aromatic carbocycles. The predicted octanol–water partition coefficient (Wildman–Crippen LogP) is 2.55. The van der Waals surface area contributed by atoms with Gasteiger partial charge in [-0.15, -0.1) is 0 Å². The summed E-state index contributed by atoms with van der Waals surface area (Å²) in [5.41, 5.74) is 2.59. The number of halogens is 1. The second-order valence-corrected chi connectivity index (χ2v) is 6.98. The summed E-state index contributed by atoms with van der Waals surface area (Å²) < 4.78 is 1.72. The highest BCUT2D eigenvalue weighted by molar-refractivity contribution is 6.31. The monoisotopic (exact) mass is 386 g/mol. The normalized spacial score (nSPS) is 13.7. The van der Waals surface area contributed by atoms with Crippen molar-refractivity contribution in [2.75, 3.05) is 13.1 Å². The summed E-state index contributed by atoms with van der Waals surface area (Å²) in [5, 5.41) is 10.5. The van der Waals surface area contributed by atoms with Gasteiger partial charge in [-0.05, 0) is 31.4 Å². The van der Waals surface area contributed by atoms with Crippen molar-refractivity contribution in [1.82, 2.24) is 20.4 Å². The number of hydrogen-bond acceptors (Lipinski definition) is 3. The first-order valence-corrected chi connectivity index (χ1v) is 9.43. The van der Waals surface area contributed by atoms with Crippen molar-refractivity contribution < 1.29 is 9.59 Å². The lowest BCUT2D eigenvalue weighted by atomic mass is 10.2. The average Bonchev–Trinajstić information content (AvgIpc) is 3.47. The van der Waals surface area contributed by atoms with Gasteiger partial charge in [-0.2, -0.15) is 5.10 Å². The summed E-state index contributed by atoms with van der Waals surface area (Å²) in [6.45, 7) is 3.25. The number of amides is 2. The Balaban J connectivity index is 1.51. The van der Waals surface area contributed by atoms with E-state index in [2.05, 4.69) is 15.7 Å². The third-order valence-corrected chi connectivity index (χ3v) is 4.76. The molecule has 1 heterocycles. The summed E-state index contributed by atoms with van der Waals surface area (Å²) in [5.74, 6) is 0.0214. The summed E-state index contributed by atoms with van der Waals surface area (Å²) >= 11 is 6.43. The van der Waals surface area contributed by atoms with E-state index in [-0.39, 0.29) is 17.7 Å². The molecule has 2 N–H and O–H groups in total. The molecule has 7 heteroatoms. The minimum absolute atomic E-state index is 0.0769. The van der Waals surface area contributed by atoms with Crippen LogP contribution in [0.4, 0.5) is 0 Å². The van der Waals surface area contributed by atoms with Crippen molar-refractivity contribution in [2.45, 2.75) is 26.3 Å².